The van der Waals surface area contributed by atoms with Crippen molar-refractivity contribution in [3.8, 4) is 0 Å². The Morgan fingerprint density at radius 2 is 2.10 bits per heavy atom. The van der Waals surface area contributed by atoms with E-state index in [9.17, 15) is 14.0 Å². The van der Waals surface area contributed by atoms with E-state index in [4.69, 9.17) is 0 Å². The fourth-order valence-electron chi connectivity index (χ4n) is 2.20. The molecule has 1 unspecified atom stereocenters. The SMILES string of the molecule is CCNC(=O)C1CNCCN1C(=O)Nc1ccc(F)cc1. The molecule has 2 rings (SSSR count). The molecular weight excluding hydrogens is 275 g/mol. The summed E-state index contributed by atoms with van der Waals surface area (Å²) in [5.74, 6) is -0.547. The van der Waals surface area contributed by atoms with Gasteiger partial charge in [-0.1, -0.05) is 0 Å². The third-order valence-electron chi connectivity index (χ3n) is 3.25. The number of nitrogens with zero attached hydrogens (tertiary/aromatic N) is 1. The minimum absolute atomic E-state index is 0.182. The van der Waals surface area contributed by atoms with Crippen LogP contribution in [-0.4, -0.2) is 49.1 Å². The van der Waals surface area contributed by atoms with Crippen molar-refractivity contribution >= 4 is 17.6 Å². The summed E-state index contributed by atoms with van der Waals surface area (Å²) in [6.45, 7) is 3.84. The maximum Gasteiger partial charge on any atom is 0.322 e. The normalized spacial score (nSPS) is 18.2. The molecule has 0 saturated carbocycles. The number of likely N-dealkylation sites (N-methyl/N-ethyl adjacent to an activating group) is 1. The number of anilines is 1. The van der Waals surface area contributed by atoms with Crippen molar-refractivity contribution in [2.75, 3.05) is 31.5 Å². The third kappa shape index (κ3) is 3.91. The second kappa shape index (κ2) is 7.03. The van der Waals surface area contributed by atoms with E-state index in [2.05, 4.69) is 16.0 Å². The Labute approximate surface area is 122 Å². The second-order valence-corrected chi connectivity index (χ2v) is 4.74. The summed E-state index contributed by atoms with van der Waals surface area (Å²) in [4.78, 5) is 25.8. The highest BCUT2D eigenvalue weighted by atomic mass is 19.1. The summed E-state index contributed by atoms with van der Waals surface area (Å²) in [7, 11) is 0. The van der Waals surface area contributed by atoms with Crippen LogP contribution in [-0.2, 0) is 4.79 Å². The zero-order valence-electron chi connectivity index (χ0n) is 11.9. The highest BCUT2D eigenvalue weighted by Crippen LogP contribution is 2.11. The molecule has 0 radical (unpaired) electrons. The molecule has 1 aromatic rings. The summed E-state index contributed by atoms with van der Waals surface area (Å²) in [5, 5.41) is 8.50. The second-order valence-electron chi connectivity index (χ2n) is 4.74. The maximum absolute atomic E-state index is 12.8. The van der Waals surface area contributed by atoms with E-state index in [0.29, 0.717) is 31.9 Å². The van der Waals surface area contributed by atoms with Gasteiger partial charge in [0.1, 0.15) is 11.9 Å². The lowest BCUT2D eigenvalue weighted by Crippen LogP contribution is -2.60. The lowest BCUT2D eigenvalue weighted by molar-refractivity contribution is -0.125. The molecule has 1 heterocycles. The van der Waals surface area contributed by atoms with Crippen LogP contribution in [0.25, 0.3) is 0 Å². The first kappa shape index (κ1) is 15.2. The zero-order valence-corrected chi connectivity index (χ0v) is 11.9. The van der Waals surface area contributed by atoms with Gasteiger partial charge in [-0.2, -0.15) is 0 Å². The van der Waals surface area contributed by atoms with Crippen molar-refractivity contribution < 1.29 is 14.0 Å². The number of carbonyl (C=O) groups is 2. The number of hydrogen-bond acceptors (Lipinski definition) is 3. The van der Waals surface area contributed by atoms with E-state index in [1.165, 1.54) is 29.2 Å². The van der Waals surface area contributed by atoms with Crippen LogP contribution in [0.4, 0.5) is 14.9 Å². The van der Waals surface area contributed by atoms with Crippen LogP contribution in [0.5, 0.6) is 0 Å². The molecule has 114 valence electrons. The smallest absolute Gasteiger partial charge is 0.322 e. The van der Waals surface area contributed by atoms with Gasteiger partial charge in [-0.3, -0.25) is 4.79 Å². The zero-order chi connectivity index (χ0) is 15.2. The first-order valence-electron chi connectivity index (χ1n) is 6.93. The molecular formula is C14H19FN4O2. The summed E-state index contributed by atoms with van der Waals surface area (Å²) < 4.78 is 12.8. The molecule has 3 amide bonds. The number of urea groups is 1. The number of amides is 3. The third-order valence-corrected chi connectivity index (χ3v) is 3.25. The van der Waals surface area contributed by atoms with Gasteiger partial charge in [0.05, 0.1) is 0 Å². The van der Waals surface area contributed by atoms with Gasteiger partial charge >= 0.3 is 6.03 Å². The van der Waals surface area contributed by atoms with Crippen molar-refractivity contribution in [3.05, 3.63) is 30.1 Å². The van der Waals surface area contributed by atoms with Crippen molar-refractivity contribution in [1.29, 1.82) is 0 Å². The quantitative estimate of drug-likeness (QED) is 0.771. The van der Waals surface area contributed by atoms with Crippen LogP contribution in [0.1, 0.15) is 6.92 Å². The largest absolute Gasteiger partial charge is 0.355 e. The average molecular weight is 294 g/mol. The van der Waals surface area contributed by atoms with Crippen LogP contribution in [0, 0.1) is 5.82 Å². The molecule has 1 aliphatic heterocycles. The Kier molecular flexibility index (Phi) is 5.10. The lowest BCUT2D eigenvalue weighted by atomic mass is 10.2. The average Bonchev–Trinajstić information content (AvgIpc) is 2.50. The summed E-state index contributed by atoms with van der Waals surface area (Å²) in [5.41, 5.74) is 0.495. The van der Waals surface area contributed by atoms with Gasteiger partial charge < -0.3 is 20.9 Å². The standard InChI is InChI=1S/C14H19FN4O2/c1-2-17-13(20)12-9-16-7-8-19(12)14(21)18-11-5-3-10(15)4-6-11/h3-6,12,16H,2,7-9H2,1H3,(H,17,20)(H,18,21). The summed E-state index contributed by atoms with van der Waals surface area (Å²) in [6, 6.07) is 4.61. The van der Waals surface area contributed by atoms with Crippen molar-refractivity contribution in [3.63, 3.8) is 0 Å². The molecule has 0 spiro atoms. The van der Waals surface area contributed by atoms with Crippen LogP contribution in [0.3, 0.4) is 0 Å². The topological polar surface area (TPSA) is 73.5 Å². The van der Waals surface area contributed by atoms with Gasteiger partial charge in [0.15, 0.2) is 0 Å². The predicted octanol–water partition coefficient (Wildman–Crippen LogP) is 0.767. The van der Waals surface area contributed by atoms with Crippen LogP contribution >= 0.6 is 0 Å². The Bertz CT molecular complexity index is 506. The van der Waals surface area contributed by atoms with E-state index < -0.39 is 6.04 Å². The van der Waals surface area contributed by atoms with Gasteiger partial charge in [0, 0.05) is 31.9 Å². The minimum atomic E-state index is -0.542. The summed E-state index contributed by atoms with van der Waals surface area (Å²) in [6.07, 6.45) is 0. The predicted molar refractivity (Wildman–Crippen MR) is 77.5 cm³/mol. The minimum Gasteiger partial charge on any atom is -0.355 e. The van der Waals surface area contributed by atoms with Crippen LogP contribution in [0.2, 0.25) is 0 Å². The molecule has 1 aromatic carbocycles. The van der Waals surface area contributed by atoms with Gasteiger partial charge in [0.25, 0.3) is 0 Å². The van der Waals surface area contributed by atoms with E-state index in [-0.39, 0.29) is 17.8 Å². The molecule has 0 bridgehead atoms. The molecule has 1 atom stereocenters. The lowest BCUT2D eigenvalue weighted by Gasteiger charge is -2.35. The van der Waals surface area contributed by atoms with E-state index >= 15 is 0 Å². The molecule has 21 heavy (non-hydrogen) atoms. The Balaban J connectivity index is 2.04. The maximum atomic E-state index is 12.8. The fourth-order valence-corrected chi connectivity index (χ4v) is 2.20. The molecule has 1 aliphatic rings. The fraction of sp³-hybridized carbons (Fsp3) is 0.429. The molecule has 0 aliphatic carbocycles. The van der Waals surface area contributed by atoms with Crippen molar-refractivity contribution in [1.82, 2.24) is 15.5 Å². The monoisotopic (exact) mass is 294 g/mol. The van der Waals surface area contributed by atoms with Gasteiger partial charge in [-0.25, -0.2) is 9.18 Å². The van der Waals surface area contributed by atoms with E-state index in [0.717, 1.165) is 0 Å². The number of nitrogens with one attached hydrogen (secondary N) is 3. The number of piperazine rings is 1. The molecule has 7 heteroatoms. The van der Waals surface area contributed by atoms with Crippen LogP contribution < -0.4 is 16.0 Å². The Morgan fingerprint density at radius 1 is 1.38 bits per heavy atom. The van der Waals surface area contributed by atoms with E-state index in [1.54, 1.807) is 0 Å². The summed E-state index contributed by atoms with van der Waals surface area (Å²) >= 11 is 0. The van der Waals surface area contributed by atoms with Crippen molar-refractivity contribution in [2.24, 2.45) is 0 Å². The first-order valence-corrected chi connectivity index (χ1v) is 6.93. The van der Waals surface area contributed by atoms with Gasteiger partial charge in [-0.05, 0) is 31.2 Å². The number of carbonyl (C=O) groups excluding carboxylic acids is 2. The Morgan fingerprint density at radius 3 is 2.76 bits per heavy atom. The highest BCUT2D eigenvalue weighted by molar-refractivity contribution is 5.94. The van der Waals surface area contributed by atoms with Gasteiger partial charge in [0.2, 0.25) is 5.91 Å². The highest BCUT2D eigenvalue weighted by Gasteiger charge is 2.31. The number of rotatable bonds is 3. The molecule has 0 aromatic heterocycles. The number of halogens is 1. The number of hydrogen-bond donors (Lipinski definition) is 3. The molecule has 1 fully saturated rings. The van der Waals surface area contributed by atoms with Gasteiger partial charge in [-0.15, -0.1) is 0 Å². The first-order chi connectivity index (χ1) is 10.1. The van der Waals surface area contributed by atoms with Crippen molar-refractivity contribution in [2.45, 2.75) is 13.0 Å². The Hall–Kier alpha value is -2.15. The molecule has 3 N–H and O–H groups in total. The molecule has 6 nitrogen and oxygen atoms in total. The molecule has 1 saturated heterocycles. The van der Waals surface area contributed by atoms with E-state index in [1.807, 2.05) is 6.92 Å². The van der Waals surface area contributed by atoms with Crippen LogP contribution in [0.15, 0.2) is 24.3 Å². The number of benzene rings is 1.